The molecule has 0 aliphatic heterocycles. The molecule has 1 atom stereocenters. The number of pyridine rings is 1. The summed E-state index contributed by atoms with van der Waals surface area (Å²) in [5, 5.41) is 12.1. The van der Waals surface area contributed by atoms with Crippen LogP contribution in [0, 0.1) is 0 Å². The van der Waals surface area contributed by atoms with E-state index in [1.165, 1.54) is 18.0 Å². The van der Waals surface area contributed by atoms with Crippen molar-refractivity contribution in [3.05, 3.63) is 77.6 Å². The van der Waals surface area contributed by atoms with Gasteiger partial charge in [-0.2, -0.15) is 0 Å². The SMILES string of the molecule is CC(Sc1nnc(-c2ccco2)n1Cc1ccccc1)C(=O)Nc1ccc(Cl)cn1. The predicted octanol–water partition coefficient (Wildman–Crippen LogP) is 4.75. The van der Waals surface area contributed by atoms with E-state index >= 15 is 0 Å². The van der Waals surface area contributed by atoms with Crippen LogP contribution >= 0.6 is 23.4 Å². The predicted molar refractivity (Wildman–Crippen MR) is 116 cm³/mol. The van der Waals surface area contributed by atoms with Gasteiger partial charge in [0, 0.05) is 6.20 Å². The van der Waals surface area contributed by atoms with E-state index in [4.69, 9.17) is 16.0 Å². The molecule has 0 spiro atoms. The second-order valence-electron chi connectivity index (χ2n) is 6.47. The summed E-state index contributed by atoms with van der Waals surface area (Å²) >= 11 is 7.16. The second kappa shape index (κ2) is 9.15. The van der Waals surface area contributed by atoms with Crippen LogP contribution in [0.25, 0.3) is 11.6 Å². The van der Waals surface area contributed by atoms with Gasteiger partial charge in [-0.05, 0) is 36.8 Å². The average molecular weight is 440 g/mol. The third-order valence-corrected chi connectivity index (χ3v) is 5.58. The molecular weight excluding hydrogens is 422 g/mol. The second-order valence-corrected chi connectivity index (χ2v) is 8.21. The number of anilines is 1. The smallest absolute Gasteiger partial charge is 0.238 e. The summed E-state index contributed by atoms with van der Waals surface area (Å²) in [5.74, 6) is 1.48. The van der Waals surface area contributed by atoms with Gasteiger partial charge in [-0.15, -0.1) is 10.2 Å². The van der Waals surface area contributed by atoms with Crippen LogP contribution in [-0.2, 0) is 11.3 Å². The van der Waals surface area contributed by atoms with Gasteiger partial charge in [-0.3, -0.25) is 9.36 Å². The van der Waals surface area contributed by atoms with E-state index in [2.05, 4.69) is 20.5 Å². The molecule has 3 heterocycles. The van der Waals surface area contributed by atoms with E-state index in [1.807, 2.05) is 47.9 Å². The summed E-state index contributed by atoms with van der Waals surface area (Å²) in [7, 11) is 0. The summed E-state index contributed by atoms with van der Waals surface area (Å²) in [5.41, 5.74) is 1.09. The lowest BCUT2D eigenvalue weighted by Gasteiger charge is -2.13. The first kappa shape index (κ1) is 20.2. The quantitative estimate of drug-likeness (QED) is 0.418. The first-order valence-corrected chi connectivity index (χ1v) is 10.5. The van der Waals surface area contributed by atoms with Gasteiger partial charge < -0.3 is 9.73 Å². The number of halogens is 1. The minimum absolute atomic E-state index is 0.191. The number of nitrogens with zero attached hydrogens (tertiary/aromatic N) is 4. The number of hydrogen-bond donors (Lipinski definition) is 1. The fraction of sp³-hybridized carbons (Fsp3) is 0.143. The van der Waals surface area contributed by atoms with Crippen molar-refractivity contribution in [3.8, 4) is 11.6 Å². The summed E-state index contributed by atoms with van der Waals surface area (Å²) in [4.78, 5) is 16.7. The Morgan fingerprint density at radius 1 is 1.17 bits per heavy atom. The Morgan fingerprint density at radius 3 is 2.70 bits per heavy atom. The molecule has 4 rings (SSSR count). The van der Waals surface area contributed by atoms with E-state index in [9.17, 15) is 4.79 Å². The van der Waals surface area contributed by atoms with Gasteiger partial charge >= 0.3 is 0 Å². The number of carbonyl (C=O) groups excluding carboxylic acids is 1. The molecule has 1 amide bonds. The van der Waals surface area contributed by atoms with Gasteiger partial charge in [0.05, 0.1) is 23.1 Å². The molecule has 0 saturated heterocycles. The lowest BCUT2D eigenvalue weighted by atomic mass is 10.2. The zero-order valence-electron chi connectivity index (χ0n) is 16.0. The molecule has 152 valence electrons. The Labute approximate surface area is 182 Å². The van der Waals surface area contributed by atoms with Crippen LogP contribution in [0.2, 0.25) is 5.02 Å². The molecule has 3 aromatic heterocycles. The summed E-state index contributed by atoms with van der Waals surface area (Å²) < 4.78 is 7.47. The van der Waals surface area contributed by atoms with Gasteiger partial charge in [0.25, 0.3) is 0 Å². The highest BCUT2D eigenvalue weighted by atomic mass is 35.5. The minimum atomic E-state index is -0.425. The molecule has 0 radical (unpaired) electrons. The van der Waals surface area contributed by atoms with E-state index in [-0.39, 0.29) is 5.91 Å². The number of aromatic nitrogens is 4. The van der Waals surface area contributed by atoms with E-state index in [0.29, 0.717) is 34.1 Å². The van der Waals surface area contributed by atoms with Crippen LogP contribution in [0.15, 0.2) is 76.6 Å². The fourth-order valence-corrected chi connectivity index (χ4v) is 3.72. The molecule has 9 heteroatoms. The van der Waals surface area contributed by atoms with Gasteiger partial charge in [-0.1, -0.05) is 53.7 Å². The number of furan rings is 1. The molecule has 0 aliphatic carbocycles. The van der Waals surface area contributed by atoms with Crippen molar-refractivity contribution in [1.82, 2.24) is 19.7 Å². The minimum Gasteiger partial charge on any atom is -0.461 e. The molecule has 0 bridgehead atoms. The first-order chi connectivity index (χ1) is 14.6. The van der Waals surface area contributed by atoms with E-state index in [1.54, 1.807) is 24.5 Å². The van der Waals surface area contributed by atoms with Crippen LogP contribution in [0.3, 0.4) is 0 Å². The van der Waals surface area contributed by atoms with Crippen LogP contribution < -0.4 is 5.32 Å². The van der Waals surface area contributed by atoms with Gasteiger partial charge in [0.1, 0.15) is 5.82 Å². The highest BCUT2D eigenvalue weighted by Crippen LogP contribution is 2.28. The van der Waals surface area contributed by atoms with Crippen LogP contribution in [0.5, 0.6) is 0 Å². The normalized spacial score (nSPS) is 11.9. The number of hydrogen-bond acceptors (Lipinski definition) is 6. The van der Waals surface area contributed by atoms with E-state index in [0.717, 1.165) is 5.56 Å². The summed E-state index contributed by atoms with van der Waals surface area (Å²) in [6, 6.07) is 17.0. The number of thioether (sulfide) groups is 1. The molecular formula is C21H18ClN5O2S. The Bertz CT molecular complexity index is 1110. The number of carbonyl (C=O) groups is 1. The largest absolute Gasteiger partial charge is 0.461 e. The van der Waals surface area contributed by atoms with Crippen molar-refractivity contribution in [1.29, 1.82) is 0 Å². The molecule has 0 saturated carbocycles. The Hall–Kier alpha value is -3.10. The molecule has 0 aliphatic rings. The number of benzene rings is 1. The van der Waals surface area contributed by atoms with Crippen molar-refractivity contribution < 1.29 is 9.21 Å². The summed E-state index contributed by atoms with van der Waals surface area (Å²) in [6.07, 6.45) is 3.08. The van der Waals surface area contributed by atoms with Crippen molar-refractivity contribution >= 4 is 35.1 Å². The Morgan fingerprint density at radius 2 is 2.00 bits per heavy atom. The number of nitrogens with one attached hydrogen (secondary N) is 1. The summed E-state index contributed by atoms with van der Waals surface area (Å²) in [6.45, 7) is 2.36. The highest BCUT2D eigenvalue weighted by molar-refractivity contribution is 8.00. The molecule has 4 aromatic rings. The molecule has 7 nitrogen and oxygen atoms in total. The Balaban J connectivity index is 1.55. The van der Waals surface area contributed by atoms with Gasteiger partial charge in [0.15, 0.2) is 10.9 Å². The lowest BCUT2D eigenvalue weighted by molar-refractivity contribution is -0.115. The van der Waals surface area contributed by atoms with Crippen LogP contribution in [0.4, 0.5) is 5.82 Å². The Kier molecular flexibility index (Phi) is 6.15. The third kappa shape index (κ3) is 4.72. The molecule has 1 unspecified atom stereocenters. The van der Waals surface area contributed by atoms with Crippen LogP contribution in [-0.4, -0.2) is 30.9 Å². The topological polar surface area (TPSA) is 85.8 Å². The van der Waals surface area contributed by atoms with E-state index < -0.39 is 5.25 Å². The van der Waals surface area contributed by atoms with Crippen molar-refractivity contribution in [2.24, 2.45) is 0 Å². The van der Waals surface area contributed by atoms with Crippen molar-refractivity contribution in [3.63, 3.8) is 0 Å². The van der Waals surface area contributed by atoms with Gasteiger partial charge in [0.2, 0.25) is 11.7 Å². The number of amides is 1. The average Bonchev–Trinajstić information content (AvgIpc) is 3.41. The standard InChI is InChI=1S/C21H18ClN5O2S/c1-14(20(28)24-18-10-9-16(22)12-23-18)30-21-26-25-19(17-8-5-11-29-17)27(21)13-15-6-3-2-4-7-15/h2-12,14H,13H2,1H3,(H,23,24,28). The monoisotopic (exact) mass is 439 g/mol. The third-order valence-electron chi connectivity index (χ3n) is 4.27. The molecule has 1 N–H and O–H groups in total. The maximum Gasteiger partial charge on any atom is 0.238 e. The molecule has 1 aromatic carbocycles. The fourth-order valence-electron chi connectivity index (χ4n) is 2.76. The zero-order chi connectivity index (χ0) is 20.9. The first-order valence-electron chi connectivity index (χ1n) is 9.20. The maximum absolute atomic E-state index is 12.6. The van der Waals surface area contributed by atoms with Crippen molar-refractivity contribution in [2.45, 2.75) is 23.9 Å². The van der Waals surface area contributed by atoms with Crippen LogP contribution in [0.1, 0.15) is 12.5 Å². The highest BCUT2D eigenvalue weighted by Gasteiger charge is 2.22. The lowest BCUT2D eigenvalue weighted by Crippen LogP contribution is -2.23. The zero-order valence-corrected chi connectivity index (χ0v) is 17.6. The van der Waals surface area contributed by atoms with Crippen molar-refractivity contribution in [2.75, 3.05) is 5.32 Å². The van der Waals surface area contributed by atoms with Gasteiger partial charge in [-0.25, -0.2) is 4.98 Å². The number of rotatable bonds is 7. The molecule has 30 heavy (non-hydrogen) atoms. The maximum atomic E-state index is 12.6. The molecule has 0 fully saturated rings.